The Labute approximate surface area is 169 Å². The largest absolute Gasteiger partial charge is 0.354 e. The lowest BCUT2D eigenvalue weighted by Gasteiger charge is -2.36. The monoisotopic (exact) mass is 391 g/mol. The predicted octanol–water partition coefficient (Wildman–Crippen LogP) is 2.27. The number of aryl methyl sites for hydroxylation is 1. The van der Waals surface area contributed by atoms with Crippen molar-refractivity contribution in [3.05, 3.63) is 30.7 Å². The molecule has 1 saturated heterocycles. The standard InChI is InChI=1S/C21H25N7O/c1-14(29)24-20-10-15-9-18(16-11-23-26(2)13-16)21(25-19(15)12-22-20)28-7-5-27(6-8-28)17-3-4-17/h9-13,17H,3-8H2,1-2H3,(H,22,24,29). The second kappa shape index (κ2) is 7.11. The van der Waals surface area contributed by atoms with Gasteiger partial charge in [0.25, 0.3) is 0 Å². The summed E-state index contributed by atoms with van der Waals surface area (Å²) in [6.07, 6.45) is 8.32. The van der Waals surface area contributed by atoms with Gasteiger partial charge < -0.3 is 10.2 Å². The molecular weight excluding hydrogens is 366 g/mol. The van der Waals surface area contributed by atoms with Gasteiger partial charge in [-0.1, -0.05) is 0 Å². The summed E-state index contributed by atoms with van der Waals surface area (Å²) in [7, 11) is 1.92. The fourth-order valence-electron chi connectivity index (χ4n) is 4.07. The number of hydrogen-bond donors (Lipinski definition) is 1. The Hall–Kier alpha value is -3.00. The molecule has 0 aromatic carbocycles. The van der Waals surface area contributed by atoms with E-state index in [0.29, 0.717) is 5.82 Å². The minimum absolute atomic E-state index is 0.137. The first-order valence-corrected chi connectivity index (χ1v) is 10.1. The second-order valence-electron chi connectivity index (χ2n) is 7.96. The molecule has 5 rings (SSSR count). The van der Waals surface area contributed by atoms with Crippen molar-refractivity contribution in [1.82, 2.24) is 24.6 Å². The van der Waals surface area contributed by atoms with Gasteiger partial charge in [-0.05, 0) is 25.0 Å². The maximum Gasteiger partial charge on any atom is 0.222 e. The van der Waals surface area contributed by atoms with Crippen molar-refractivity contribution in [3.8, 4) is 11.1 Å². The van der Waals surface area contributed by atoms with E-state index in [4.69, 9.17) is 4.98 Å². The number of anilines is 2. The first kappa shape index (κ1) is 18.1. The van der Waals surface area contributed by atoms with Crippen molar-refractivity contribution in [2.75, 3.05) is 36.4 Å². The van der Waals surface area contributed by atoms with Crippen molar-refractivity contribution in [3.63, 3.8) is 0 Å². The quantitative estimate of drug-likeness (QED) is 0.735. The van der Waals surface area contributed by atoms with E-state index in [1.54, 1.807) is 6.20 Å². The fourth-order valence-corrected chi connectivity index (χ4v) is 4.07. The van der Waals surface area contributed by atoms with Gasteiger partial charge in [-0.25, -0.2) is 9.97 Å². The Morgan fingerprint density at radius 3 is 2.59 bits per heavy atom. The molecule has 0 atom stereocenters. The van der Waals surface area contributed by atoms with Crippen LogP contribution in [0.25, 0.3) is 22.0 Å². The van der Waals surface area contributed by atoms with Gasteiger partial charge in [0.1, 0.15) is 11.6 Å². The van der Waals surface area contributed by atoms with Gasteiger partial charge in [0.15, 0.2) is 0 Å². The van der Waals surface area contributed by atoms with E-state index in [2.05, 4.69) is 31.3 Å². The molecule has 2 aliphatic rings. The van der Waals surface area contributed by atoms with Crippen molar-refractivity contribution in [2.24, 2.45) is 7.05 Å². The van der Waals surface area contributed by atoms with Crippen molar-refractivity contribution >= 4 is 28.4 Å². The fraction of sp³-hybridized carbons (Fsp3) is 0.429. The average Bonchev–Trinajstić information content (AvgIpc) is 3.47. The van der Waals surface area contributed by atoms with E-state index in [0.717, 1.165) is 60.1 Å². The van der Waals surface area contributed by atoms with Crippen LogP contribution in [0, 0.1) is 0 Å². The molecular formula is C21H25N7O. The van der Waals surface area contributed by atoms with E-state index in [-0.39, 0.29) is 5.91 Å². The molecule has 1 aliphatic carbocycles. The highest BCUT2D eigenvalue weighted by Crippen LogP contribution is 2.34. The summed E-state index contributed by atoms with van der Waals surface area (Å²) in [5, 5.41) is 8.05. The summed E-state index contributed by atoms with van der Waals surface area (Å²) >= 11 is 0. The molecule has 29 heavy (non-hydrogen) atoms. The van der Waals surface area contributed by atoms with E-state index in [1.807, 2.05) is 30.2 Å². The zero-order valence-electron chi connectivity index (χ0n) is 16.8. The Morgan fingerprint density at radius 2 is 1.93 bits per heavy atom. The van der Waals surface area contributed by atoms with Gasteiger partial charge >= 0.3 is 0 Å². The number of nitrogens with one attached hydrogen (secondary N) is 1. The molecule has 2 fully saturated rings. The van der Waals surface area contributed by atoms with E-state index >= 15 is 0 Å². The van der Waals surface area contributed by atoms with Crippen molar-refractivity contribution < 1.29 is 4.79 Å². The van der Waals surface area contributed by atoms with Crippen LogP contribution in [0.15, 0.2) is 30.7 Å². The maximum absolute atomic E-state index is 11.4. The summed E-state index contributed by atoms with van der Waals surface area (Å²) in [4.78, 5) is 25.7. The van der Waals surface area contributed by atoms with Crippen LogP contribution >= 0.6 is 0 Å². The third-order valence-electron chi connectivity index (χ3n) is 5.68. The van der Waals surface area contributed by atoms with Gasteiger partial charge in [0.05, 0.1) is 17.9 Å². The van der Waals surface area contributed by atoms with Crippen LogP contribution in [0.1, 0.15) is 19.8 Å². The maximum atomic E-state index is 11.4. The van der Waals surface area contributed by atoms with Gasteiger partial charge in [-0.3, -0.25) is 14.4 Å². The highest BCUT2D eigenvalue weighted by Gasteiger charge is 2.32. The number of aromatic nitrogens is 4. The minimum atomic E-state index is -0.137. The number of fused-ring (bicyclic) bond motifs is 1. The Morgan fingerprint density at radius 1 is 1.14 bits per heavy atom. The van der Waals surface area contributed by atoms with Gasteiger partial charge in [-0.2, -0.15) is 5.10 Å². The molecule has 150 valence electrons. The third kappa shape index (κ3) is 3.67. The summed E-state index contributed by atoms with van der Waals surface area (Å²) in [5.41, 5.74) is 2.93. The molecule has 4 heterocycles. The Balaban J connectivity index is 1.54. The van der Waals surface area contributed by atoms with E-state index < -0.39 is 0 Å². The van der Waals surface area contributed by atoms with E-state index in [1.165, 1.54) is 19.8 Å². The van der Waals surface area contributed by atoms with Crippen LogP contribution in [-0.4, -0.2) is 62.8 Å². The Kier molecular flexibility index (Phi) is 4.43. The van der Waals surface area contributed by atoms with Crippen LogP contribution < -0.4 is 10.2 Å². The van der Waals surface area contributed by atoms with E-state index in [9.17, 15) is 4.79 Å². The number of pyridine rings is 2. The molecule has 3 aromatic rings. The molecule has 0 spiro atoms. The predicted molar refractivity (Wildman–Crippen MR) is 113 cm³/mol. The van der Waals surface area contributed by atoms with Crippen molar-refractivity contribution in [2.45, 2.75) is 25.8 Å². The lowest BCUT2D eigenvalue weighted by molar-refractivity contribution is -0.114. The zero-order chi connectivity index (χ0) is 20.0. The molecule has 8 heteroatoms. The lowest BCUT2D eigenvalue weighted by Crippen LogP contribution is -2.47. The molecule has 1 saturated carbocycles. The topological polar surface area (TPSA) is 79.2 Å². The summed E-state index contributed by atoms with van der Waals surface area (Å²) in [6.45, 7) is 5.59. The first-order valence-electron chi connectivity index (χ1n) is 10.1. The zero-order valence-corrected chi connectivity index (χ0v) is 16.8. The van der Waals surface area contributed by atoms with Gasteiger partial charge in [0.2, 0.25) is 5.91 Å². The molecule has 3 aromatic heterocycles. The van der Waals surface area contributed by atoms with Crippen LogP contribution in [0.4, 0.5) is 11.6 Å². The molecule has 0 unspecified atom stereocenters. The molecule has 8 nitrogen and oxygen atoms in total. The summed E-state index contributed by atoms with van der Waals surface area (Å²) in [5.74, 6) is 1.38. The van der Waals surface area contributed by atoms with Crippen molar-refractivity contribution in [1.29, 1.82) is 0 Å². The molecule has 0 bridgehead atoms. The molecule has 1 amide bonds. The smallest absolute Gasteiger partial charge is 0.222 e. The normalized spacial score (nSPS) is 17.7. The number of piperazine rings is 1. The van der Waals surface area contributed by atoms with Crippen LogP contribution in [-0.2, 0) is 11.8 Å². The SMILES string of the molecule is CC(=O)Nc1cc2cc(-c3cnn(C)c3)c(N3CCN(C4CC4)CC3)nc2cn1. The summed E-state index contributed by atoms with van der Waals surface area (Å²) in [6, 6.07) is 4.81. The number of carbonyl (C=O) groups is 1. The lowest BCUT2D eigenvalue weighted by atomic mass is 10.1. The second-order valence-corrected chi connectivity index (χ2v) is 7.96. The van der Waals surface area contributed by atoms with Crippen LogP contribution in [0.2, 0.25) is 0 Å². The van der Waals surface area contributed by atoms with Crippen LogP contribution in [0.5, 0.6) is 0 Å². The molecule has 1 aliphatic heterocycles. The molecule has 1 N–H and O–H groups in total. The highest BCUT2D eigenvalue weighted by atomic mass is 16.1. The van der Waals surface area contributed by atoms with Crippen LogP contribution in [0.3, 0.4) is 0 Å². The molecule has 0 radical (unpaired) electrons. The number of nitrogens with zero attached hydrogens (tertiary/aromatic N) is 6. The average molecular weight is 391 g/mol. The third-order valence-corrected chi connectivity index (χ3v) is 5.68. The Bertz CT molecular complexity index is 1060. The highest BCUT2D eigenvalue weighted by molar-refractivity contribution is 5.93. The number of carbonyl (C=O) groups excluding carboxylic acids is 1. The minimum Gasteiger partial charge on any atom is -0.354 e. The number of amides is 1. The first-order chi connectivity index (χ1) is 14.1. The summed E-state index contributed by atoms with van der Waals surface area (Å²) < 4.78 is 1.81. The number of rotatable bonds is 4. The van der Waals surface area contributed by atoms with Gasteiger partial charge in [0, 0.05) is 68.9 Å². The number of hydrogen-bond acceptors (Lipinski definition) is 6. The van der Waals surface area contributed by atoms with Gasteiger partial charge in [-0.15, -0.1) is 0 Å².